The van der Waals surface area contributed by atoms with Gasteiger partial charge in [-0.15, -0.1) is 0 Å². The fraction of sp³-hybridized carbons (Fsp3) is 0.667. The molecule has 0 aromatic carbocycles. The molecule has 4 atom stereocenters. The van der Waals surface area contributed by atoms with Crippen molar-refractivity contribution in [2.75, 3.05) is 18.6 Å². The Morgan fingerprint density at radius 3 is 1.94 bits per heavy atom. The molecule has 4 unspecified atom stereocenters. The van der Waals surface area contributed by atoms with E-state index < -0.39 is 60.2 Å². The molecule has 14 nitrogen and oxygen atoms in total. The highest BCUT2D eigenvalue weighted by Gasteiger charge is 2.30. The second kappa shape index (κ2) is 15.7. The summed E-state index contributed by atoms with van der Waals surface area (Å²) in [5.74, 6) is -4.75. The molecule has 0 aliphatic heterocycles. The molecule has 0 aliphatic rings. The van der Waals surface area contributed by atoms with Crippen LogP contribution in [-0.4, -0.2) is 88.6 Å². The molecule has 3 amide bonds. The van der Waals surface area contributed by atoms with E-state index in [4.69, 9.17) is 22.3 Å². The number of nitrogens with two attached hydrogens (primary N) is 3. The molecule has 0 aromatic rings. The molecule has 0 saturated heterocycles. The first kappa shape index (κ1) is 29.9. The van der Waals surface area contributed by atoms with Crippen molar-refractivity contribution in [3.8, 4) is 0 Å². The number of carbonyl (C=O) groups excluding carboxylic acids is 3. The highest BCUT2D eigenvalue weighted by Crippen LogP contribution is 2.06. The Kier molecular flexibility index (Phi) is 14.2. The van der Waals surface area contributed by atoms with Gasteiger partial charge in [0, 0.05) is 6.54 Å². The van der Waals surface area contributed by atoms with Gasteiger partial charge in [0.1, 0.15) is 18.1 Å². The van der Waals surface area contributed by atoms with E-state index in [0.29, 0.717) is 5.75 Å². The monoisotopic (exact) mass is 491 g/mol. The number of carboxylic acids is 2. The van der Waals surface area contributed by atoms with Crippen LogP contribution in [-0.2, 0) is 24.0 Å². The Hall–Kier alpha value is -3.07. The van der Waals surface area contributed by atoms with Gasteiger partial charge in [0.2, 0.25) is 17.7 Å². The fourth-order valence-corrected chi connectivity index (χ4v) is 2.97. The van der Waals surface area contributed by atoms with Gasteiger partial charge in [-0.1, -0.05) is 0 Å². The predicted octanol–water partition coefficient (Wildman–Crippen LogP) is -2.85. The van der Waals surface area contributed by atoms with Gasteiger partial charge >= 0.3 is 11.9 Å². The topological polar surface area (TPSA) is 252 Å². The van der Waals surface area contributed by atoms with E-state index in [0.717, 1.165) is 0 Å². The van der Waals surface area contributed by atoms with Gasteiger partial charge in [0.15, 0.2) is 5.96 Å². The zero-order chi connectivity index (χ0) is 25.6. The summed E-state index contributed by atoms with van der Waals surface area (Å²) in [6.45, 7) is 1.53. The van der Waals surface area contributed by atoms with Gasteiger partial charge in [-0.25, -0.2) is 4.79 Å². The zero-order valence-electron chi connectivity index (χ0n) is 18.6. The lowest BCUT2D eigenvalue weighted by molar-refractivity contribution is -0.143. The largest absolute Gasteiger partial charge is 0.481 e. The van der Waals surface area contributed by atoms with Crippen molar-refractivity contribution in [3.63, 3.8) is 0 Å². The van der Waals surface area contributed by atoms with Crippen molar-refractivity contribution < 1.29 is 34.2 Å². The maximum atomic E-state index is 12.7. The predicted molar refractivity (Wildman–Crippen MR) is 122 cm³/mol. The molecule has 11 N–H and O–H groups in total. The average molecular weight is 492 g/mol. The number of rotatable bonds is 16. The Balaban J connectivity index is 5.35. The van der Waals surface area contributed by atoms with Gasteiger partial charge in [0.05, 0.1) is 12.5 Å². The summed E-state index contributed by atoms with van der Waals surface area (Å²) in [6.07, 6.45) is 1.49. The number of hydrogen-bond acceptors (Lipinski definition) is 8. The van der Waals surface area contributed by atoms with Crippen LogP contribution in [0.3, 0.4) is 0 Å². The quantitative estimate of drug-likeness (QED) is 0.0619. The van der Waals surface area contributed by atoms with Crippen LogP contribution in [0.15, 0.2) is 4.99 Å². The smallest absolute Gasteiger partial charge is 0.326 e. The molecule has 0 heterocycles. The standard InChI is InChI=1S/C18H33N7O7S/c1-9(19)14(28)25-12(8-13(26)27)16(30)23-10(5-7-33-2)15(29)24-11(17(31)32)4-3-6-22-18(20)21/h9-12H,3-8,19H2,1-2H3,(H,23,30)(H,24,29)(H,25,28)(H,26,27)(H,31,32)(H4,20,21,22). The van der Waals surface area contributed by atoms with Crippen molar-refractivity contribution in [1.29, 1.82) is 0 Å². The summed E-state index contributed by atoms with van der Waals surface area (Å²) in [7, 11) is 0. The van der Waals surface area contributed by atoms with Crippen molar-refractivity contribution in [2.24, 2.45) is 22.2 Å². The first-order chi connectivity index (χ1) is 15.4. The first-order valence-corrected chi connectivity index (χ1v) is 11.4. The van der Waals surface area contributed by atoms with Crippen LogP contribution in [0.5, 0.6) is 0 Å². The lowest BCUT2D eigenvalue weighted by Gasteiger charge is -2.24. The number of hydrogen-bond donors (Lipinski definition) is 8. The van der Waals surface area contributed by atoms with E-state index in [1.54, 1.807) is 6.26 Å². The van der Waals surface area contributed by atoms with Gasteiger partial charge < -0.3 is 43.4 Å². The number of guanidine groups is 1. The number of amides is 3. The fourth-order valence-electron chi connectivity index (χ4n) is 2.50. The van der Waals surface area contributed by atoms with Crippen LogP contribution < -0.4 is 33.2 Å². The van der Waals surface area contributed by atoms with E-state index >= 15 is 0 Å². The Bertz CT molecular complexity index is 729. The molecule has 0 rings (SSSR count). The third kappa shape index (κ3) is 13.2. The van der Waals surface area contributed by atoms with Crippen LogP contribution in [0.4, 0.5) is 0 Å². The number of nitrogens with one attached hydrogen (secondary N) is 3. The molecule has 0 aliphatic carbocycles. The number of nitrogens with zero attached hydrogens (tertiary/aromatic N) is 1. The van der Waals surface area contributed by atoms with Gasteiger partial charge in [0.25, 0.3) is 0 Å². The molecule has 0 saturated carbocycles. The van der Waals surface area contributed by atoms with Crippen molar-refractivity contribution in [1.82, 2.24) is 16.0 Å². The molecule has 0 fully saturated rings. The van der Waals surface area contributed by atoms with Crippen LogP contribution in [0, 0.1) is 0 Å². The summed E-state index contributed by atoms with van der Waals surface area (Å²) < 4.78 is 0. The molecule has 188 valence electrons. The van der Waals surface area contributed by atoms with E-state index in [-0.39, 0.29) is 31.8 Å². The average Bonchev–Trinajstić information content (AvgIpc) is 2.71. The second-order valence-electron chi connectivity index (χ2n) is 7.14. The minimum absolute atomic E-state index is 0.0349. The molecule has 33 heavy (non-hydrogen) atoms. The van der Waals surface area contributed by atoms with E-state index in [9.17, 15) is 29.1 Å². The molecular formula is C18H33N7O7S. The molecular weight excluding hydrogens is 458 g/mol. The highest BCUT2D eigenvalue weighted by atomic mass is 32.2. The number of aliphatic imine (C=N–C) groups is 1. The maximum absolute atomic E-state index is 12.7. The van der Waals surface area contributed by atoms with E-state index in [1.165, 1.54) is 18.7 Å². The van der Waals surface area contributed by atoms with Crippen LogP contribution in [0.1, 0.15) is 32.6 Å². The van der Waals surface area contributed by atoms with E-state index in [1.807, 2.05) is 0 Å². The maximum Gasteiger partial charge on any atom is 0.326 e. The van der Waals surface area contributed by atoms with Gasteiger partial charge in [-0.3, -0.25) is 24.2 Å². The molecule has 0 spiro atoms. The van der Waals surface area contributed by atoms with Crippen LogP contribution in [0.25, 0.3) is 0 Å². The molecule has 0 radical (unpaired) electrons. The van der Waals surface area contributed by atoms with Crippen molar-refractivity contribution >= 4 is 47.4 Å². The zero-order valence-corrected chi connectivity index (χ0v) is 19.4. The number of aliphatic carboxylic acids is 2. The minimum atomic E-state index is -1.47. The van der Waals surface area contributed by atoms with Gasteiger partial charge in [-0.05, 0) is 38.2 Å². The van der Waals surface area contributed by atoms with Crippen LogP contribution >= 0.6 is 11.8 Å². The third-order valence-electron chi connectivity index (χ3n) is 4.23. The van der Waals surface area contributed by atoms with Crippen molar-refractivity contribution in [3.05, 3.63) is 0 Å². The normalized spacial score (nSPS) is 14.2. The summed E-state index contributed by atoms with van der Waals surface area (Å²) in [5.41, 5.74) is 15.9. The number of carbonyl (C=O) groups is 5. The Labute approximate surface area is 195 Å². The number of thioether (sulfide) groups is 1. The summed E-state index contributed by atoms with van der Waals surface area (Å²) in [4.78, 5) is 63.6. The molecule has 0 aromatic heterocycles. The van der Waals surface area contributed by atoms with Crippen LogP contribution in [0.2, 0.25) is 0 Å². The minimum Gasteiger partial charge on any atom is -0.481 e. The molecule has 15 heteroatoms. The Morgan fingerprint density at radius 1 is 0.909 bits per heavy atom. The Morgan fingerprint density at radius 2 is 1.45 bits per heavy atom. The molecule has 0 bridgehead atoms. The van der Waals surface area contributed by atoms with Gasteiger partial charge in [-0.2, -0.15) is 11.8 Å². The highest BCUT2D eigenvalue weighted by molar-refractivity contribution is 7.98. The van der Waals surface area contributed by atoms with Crippen molar-refractivity contribution in [2.45, 2.75) is 56.8 Å². The number of carboxylic acid groups (broad SMARTS) is 2. The lowest BCUT2D eigenvalue weighted by atomic mass is 10.1. The SMILES string of the molecule is CSCCC(NC(=O)C(CC(=O)O)NC(=O)C(C)N)C(=O)NC(CCCN=C(N)N)C(=O)O. The third-order valence-corrected chi connectivity index (χ3v) is 4.87. The second-order valence-corrected chi connectivity index (χ2v) is 8.12. The first-order valence-electron chi connectivity index (χ1n) is 10.0. The lowest BCUT2D eigenvalue weighted by Crippen LogP contribution is -2.57. The summed E-state index contributed by atoms with van der Waals surface area (Å²) in [5, 5.41) is 25.4. The van der Waals surface area contributed by atoms with E-state index in [2.05, 4.69) is 20.9 Å². The summed E-state index contributed by atoms with van der Waals surface area (Å²) >= 11 is 1.39. The summed E-state index contributed by atoms with van der Waals surface area (Å²) in [6, 6.07) is -4.87.